The number of carbonyl (C=O) groups is 1. The van der Waals surface area contributed by atoms with Gasteiger partial charge in [-0.25, -0.2) is 0 Å². The average molecular weight is 313 g/mol. The summed E-state index contributed by atoms with van der Waals surface area (Å²) in [6, 6.07) is 0.586. The normalized spacial score (nSPS) is 25.5. The Morgan fingerprint density at radius 2 is 1.36 bits per heavy atom. The Labute approximate surface area is 137 Å². The lowest BCUT2D eigenvalue weighted by Gasteiger charge is -2.36. The first-order valence-corrected chi connectivity index (χ1v) is 8.99. The van der Waals surface area contributed by atoms with Gasteiger partial charge in [-0.3, -0.25) is 9.80 Å². The summed E-state index contributed by atoms with van der Waals surface area (Å²) in [5.74, 6) is 0. The lowest BCUT2D eigenvalue weighted by atomic mass is 10.2. The van der Waals surface area contributed by atoms with E-state index in [0.29, 0.717) is 12.6 Å². The van der Waals surface area contributed by atoms with E-state index in [1.165, 1.54) is 0 Å². The van der Waals surface area contributed by atoms with Crippen molar-refractivity contribution >= 4 is 6.29 Å². The van der Waals surface area contributed by atoms with E-state index in [0.717, 1.165) is 71.7 Å². The molecule has 1 fully saturated rings. The quantitative estimate of drug-likeness (QED) is 0.703. The summed E-state index contributed by atoms with van der Waals surface area (Å²) in [6.07, 6.45) is 1.04. The second-order valence-electron chi connectivity index (χ2n) is 6.27. The second-order valence-corrected chi connectivity index (χ2v) is 6.27. The SMILES string of the molecule is CCN1CCN(CC=O)CCN(CC)CC(C)N(CC)CC1. The van der Waals surface area contributed by atoms with Crippen molar-refractivity contribution in [3.63, 3.8) is 0 Å². The number of likely N-dealkylation sites (N-methyl/N-ethyl adjacent to an activating group) is 3. The van der Waals surface area contributed by atoms with E-state index >= 15 is 0 Å². The molecule has 0 bridgehead atoms. The molecule has 1 atom stereocenters. The fourth-order valence-corrected chi connectivity index (χ4v) is 3.22. The predicted octanol–water partition coefficient (Wildman–Crippen LogP) is 0.855. The van der Waals surface area contributed by atoms with Crippen LogP contribution in [0.1, 0.15) is 27.7 Å². The fourth-order valence-electron chi connectivity index (χ4n) is 3.22. The maximum atomic E-state index is 10.9. The first-order valence-electron chi connectivity index (χ1n) is 8.99. The van der Waals surface area contributed by atoms with Crippen molar-refractivity contribution in [1.82, 2.24) is 19.6 Å². The van der Waals surface area contributed by atoms with Crippen molar-refractivity contribution in [2.24, 2.45) is 0 Å². The molecule has 0 amide bonds. The summed E-state index contributed by atoms with van der Waals surface area (Å²) in [6.45, 7) is 20.4. The Morgan fingerprint density at radius 1 is 0.818 bits per heavy atom. The number of hydrogen-bond donors (Lipinski definition) is 0. The third-order valence-electron chi connectivity index (χ3n) is 4.95. The highest BCUT2D eigenvalue weighted by Gasteiger charge is 2.18. The van der Waals surface area contributed by atoms with Crippen molar-refractivity contribution in [3.8, 4) is 0 Å². The van der Waals surface area contributed by atoms with Crippen LogP contribution in [0.3, 0.4) is 0 Å². The molecule has 1 unspecified atom stereocenters. The zero-order valence-corrected chi connectivity index (χ0v) is 15.1. The highest BCUT2D eigenvalue weighted by molar-refractivity contribution is 5.51. The molecule has 5 heteroatoms. The van der Waals surface area contributed by atoms with E-state index < -0.39 is 0 Å². The Bertz CT molecular complexity index is 300. The minimum absolute atomic E-state index is 0.561. The van der Waals surface area contributed by atoms with Crippen molar-refractivity contribution < 1.29 is 4.79 Å². The topological polar surface area (TPSA) is 30.0 Å². The minimum Gasteiger partial charge on any atom is -0.302 e. The van der Waals surface area contributed by atoms with Crippen LogP contribution in [0.25, 0.3) is 0 Å². The highest BCUT2D eigenvalue weighted by atomic mass is 16.1. The highest BCUT2D eigenvalue weighted by Crippen LogP contribution is 2.05. The minimum atomic E-state index is 0.561. The molecule has 0 aromatic rings. The van der Waals surface area contributed by atoms with E-state index in [-0.39, 0.29) is 0 Å². The lowest BCUT2D eigenvalue weighted by Crippen LogP contribution is -2.49. The first kappa shape index (κ1) is 19.6. The fraction of sp³-hybridized carbons (Fsp3) is 0.941. The molecule has 0 aliphatic carbocycles. The number of hydrogen-bond acceptors (Lipinski definition) is 5. The van der Waals surface area contributed by atoms with Crippen molar-refractivity contribution in [2.75, 3.05) is 72.0 Å². The zero-order chi connectivity index (χ0) is 16.4. The van der Waals surface area contributed by atoms with Gasteiger partial charge in [0.15, 0.2) is 0 Å². The van der Waals surface area contributed by atoms with E-state index in [1.54, 1.807) is 0 Å². The lowest BCUT2D eigenvalue weighted by molar-refractivity contribution is -0.109. The van der Waals surface area contributed by atoms with Gasteiger partial charge in [0, 0.05) is 51.9 Å². The average Bonchev–Trinajstić information content (AvgIpc) is 2.52. The molecular formula is C17H36N4O. The van der Waals surface area contributed by atoms with Crippen LogP contribution in [0.15, 0.2) is 0 Å². The Balaban J connectivity index is 2.73. The molecule has 0 aromatic carbocycles. The van der Waals surface area contributed by atoms with Gasteiger partial charge < -0.3 is 14.6 Å². The Kier molecular flexibility index (Phi) is 9.87. The molecule has 1 saturated heterocycles. The van der Waals surface area contributed by atoms with Crippen LogP contribution in [-0.2, 0) is 4.79 Å². The largest absolute Gasteiger partial charge is 0.302 e. The molecule has 0 N–H and O–H groups in total. The zero-order valence-electron chi connectivity index (χ0n) is 15.1. The van der Waals surface area contributed by atoms with E-state index in [1.807, 2.05) is 0 Å². The monoisotopic (exact) mass is 312 g/mol. The van der Waals surface area contributed by atoms with E-state index in [2.05, 4.69) is 47.3 Å². The molecule has 1 heterocycles. The van der Waals surface area contributed by atoms with Gasteiger partial charge in [-0.1, -0.05) is 20.8 Å². The van der Waals surface area contributed by atoms with Crippen LogP contribution < -0.4 is 0 Å². The molecule has 1 rings (SSSR count). The molecular weight excluding hydrogens is 276 g/mol. The van der Waals surface area contributed by atoms with Gasteiger partial charge in [0.25, 0.3) is 0 Å². The summed E-state index contributed by atoms with van der Waals surface area (Å²) in [5.41, 5.74) is 0. The molecule has 0 saturated carbocycles. The maximum Gasteiger partial charge on any atom is 0.133 e. The molecule has 22 heavy (non-hydrogen) atoms. The van der Waals surface area contributed by atoms with Crippen LogP contribution in [0.2, 0.25) is 0 Å². The smallest absolute Gasteiger partial charge is 0.133 e. The molecule has 0 spiro atoms. The molecule has 1 aliphatic rings. The summed E-state index contributed by atoms with van der Waals surface area (Å²) < 4.78 is 0. The van der Waals surface area contributed by atoms with E-state index in [4.69, 9.17) is 0 Å². The van der Waals surface area contributed by atoms with Crippen LogP contribution in [0.4, 0.5) is 0 Å². The van der Waals surface area contributed by atoms with Gasteiger partial charge in [-0.2, -0.15) is 0 Å². The third-order valence-corrected chi connectivity index (χ3v) is 4.95. The van der Waals surface area contributed by atoms with Crippen LogP contribution in [0, 0.1) is 0 Å². The molecule has 5 nitrogen and oxygen atoms in total. The molecule has 0 radical (unpaired) electrons. The van der Waals surface area contributed by atoms with Gasteiger partial charge in [0.05, 0.1) is 6.54 Å². The van der Waals surface area contributed by atoms with Gasteiger partial charge in [0.1, 0.15) is 6.29 Å². The Hall–Kier alpha value is -0.490. The van der Waals surface area contributed by atoms with Crippen molar-refractivity contribution in [3.05, 3.63) is 0 Å². The summed E-state index contributed by atoms with van der Waals surface area (Å²) in [4.78, 5) is 20.8. The van der Waals surface area contributed by atoms with Crippen LogP contribution in [0.5, 0.6) is 0 Å². The second kappa shape index (κ2) is 11.1. The van der Waals surface area contributed by atoms with Crippen LogP contribution >= 0.6 is 0 Å². The third kappa shape index (κ3) is 6.73. The van der Waals surface area contributed by atoms with Gasteiger partial charge in [-0.05, 0) is 26.6 Å². The van der Waals surface area contributed by atoms with Crippen molar-refractivity contribution in [2.45, 2.75) is 33.7 Å². The molecule has 0 aromatic heterocycles. The number of nitrogens with zero attached hydrogens (tertiary/aromatic N) is 4. The summed E-state index contributed by atoms with van der Waals surface area (Å²) in [5, 5.41) is 0. The van der Waals surface area contributed by atoms with Gasteiger partial charge in [-0.15, -0.1) is 0 Å². The summed E-state index contributed by atoms with van der Waals surface area (Å²) in [7, 11) is 0. The van der Waals surface area contributed by atoms with Gasteiger partial charge in [0.2, 0.25) is 0 Å². The van der Waals surface area contributed by atoms with Crippen molar-refractivity contribution in [1.29, 1.82) is 0 Å². The molecule has 130 valence electrons. The first-order chi connectivity index (χ1) is 10.6. The molecule has 1 aliphatic heterocycles. The standard InChI is InChI=1S/C17H36N4O/c1-5-18-8-10-20(14-15-22)11-9-19(6-2)16-17(4)21(7-3)13-12-18/h15,17H,5-14,16H2,1-4H3. The maximum absolute atomic E-state index is 10.9. The van der Waals surface area contributed by atoms with Gasteiger partial charge >= 0.3 is 0 Å². The van der Waals surface area contributed by atoms with Crippen LogP contribution in [-0.4, -0.2) is 104 Å². The number of carbonyl (C=O) groups excluding carboxylic acids is 1. The predicted molar refractivity (Wildman–Crippen MR) is 93.4 cm³/mol. The Morgan fingerprint density at radius 3 is 1.91 bits per heavy atom. The summed E-state index contributed by atoms with van der Waals surface area (Å²) >= 11 is 0. The number of rotatable bonds is 5. The number of aldehydes is 1. The van der Waals surface area contributed by atoms with E-state index in [9.17, 15) is 4.79 Å².